The van der Waals surface area contributed by atoms with Crippen molar-refractivity contribution >= 4 is 23.5 Å². The standard InChI is InChI=1S/C21H23F2N3O5/c22-14-7-13(8-15(23)9-14)12-1-5-25(6-2-12)19(28)17-16(18(27)24-31)10-21(3-4-21)11-26(17)20(29)30/h1,7-9,16-17,31H,2-6,10-11H2,(H,24,27)(H,29,30)/t16-,17-/m0/s1. The second-order valence-corrected chi connectivity index (χ2v) is 8.56. The minimum Gasteiger partial charge on any atom is -0.465 e. The fourth-order valence-corrected chi connectivity index (χ4v) is 4.73. The summed E-state index contributed by atoms with van der Waals surface area (Å²) in [6, 6.07) is 1.98. The molecule has 3 N–H and O–H groups in total. The fourth-order valence-electron chi connectivity index (χ4n) is 4.73. The Bertz CT molecular complexity index is 942. The number of hydrogen-bond acceptors (Lipinski definition) is 4. The van der Waals surface area contributed by atoms with E-state index in [0.29, 0.717) is 24.0 Å². The Kier molecular flexibility index (Phi) is 5.42. The quantitative estimate of drug-likeness (QED) is 0.498. The first-order valence-corrected chi connectivity index (χ1v) is 10.1. The third-order valence-corrected chi connectivity index (χ3v) is 6.53. The lowest BCUT2D eigenvalue weighted by Crippen LogP contribution is -2.62. The van der Waals surface area contributed by atoms with Gasteiger partial charge in [-0.1, -0.05) is 6.08 Å². The van der Waals surface area contributed by atoms with Crippen LogP contribution in [-0.4, -0.2) is 63.7 Å². The van der Waals surface area contributed by atoms with Gasteiger partial charge in [0.1, 0.15) is 17.7 Å². The van der Waals surface area contributed by atoms with Gasteiger partial charge in [-0.05, 0) is 54.4 Å². The highest BCUT2D eigenvalue weighted by atomic mass is 19.1. The Morgan fingerprint density at radius 2 is 1.81 bits per heavy atom. The van der Waals surface area contributed by atoms with E-state index in [1.165, 1.54) is 17.0 Å². The number of carbonyl (C=O) groups is 3. The van der Waals surface area contributed by atoms with Crippen LogP contribution in [0.25, 0.3) is 5.57 Å². The third kappa shape index (κ3) is 4.12. The molecule has 1 saturated carbocycles. The second kappa shape index (κ2) is 7.92. The summed E-state index contributed by atoms with van der Waals surface area (Å²) in [5.41, 5.74) is 2.33. The van der Waals surface area contributed by atoms with Crippen LogP contribution in [0.1, 0.15) is 31.2 Å². The molecule has 2 fully saturated rings. The molecule has 2 atom stereocenters. The van der Waals surface area contributed by atoms with Gasteiger partial charge < -0.3 is 10.0 Å². The normalized spacial score (nSPS) is 24.5. The van der Waals surface area contributed by atoms with E-state index in [4.69, 9.17) is 5.21 Å². The number of carboxylic acid groups (broad SMARTS) is 1. The van der Waals surface area contributed by atoms with Crippen molar-refractivity contribution in [1.82, 2.24) is 15.3 Å². The molecule has 0 aromatic heterocycles. The lowest BCUT2D eigenvalue weighted by molar-refractivity contribution is -0.149. The predicted octanol–water partition coefficient (Wildman–Crippen LogP) is 2.23. The van der Waals surface area contributed by atoms with Crippen LogP contribution >= 0.6 is 0 Å². The first kappa shape index (κ1) is 21.2. The summed E-state index contributed by atoms with van der Waals surface area (Å²) in [5.74, 6) is -3.68. The minimum atomic E-state index is -1.29. The Morgan fingerprint density at radius 1 is 1.13 bits per heavy atom. The molecule has 166 valence electrons. The lowest BCUT2D eigenvalue weighted by atomic mass is 9.79. The van der Waals surface area contributed by atoms with Crippen LogP contribution in [0.5, 0.6) is 0 Å². The summed E-state index contributed by atoms with van der Waals surface area (Å²) >= 11 is 0. The maximum atomic E-state index is 13.5. The Balaban J connectivity index is 1.56. The first-order chi connectivity index (χ1) is 14.7. The van der Waals surface area contributed by atoms with Crippen LogP contribution < -0.4 is 5.48 Å². The minimum absolute atomic E-state index is 0.120. The van der Waals surface area contributed by atoms with Crippen molar-refractivity contribution in [2.45, 2.75) is 31.7 Å². The van der Waals surface area contributed by atoms with Crippen molar-refractivity contribution in [2.75, 3.05) is 19.6 Å². The fraction of sp³-hybridized carbons (Fsp3) is 0.476. The number of carbonyl (C=O) groups excluding carboxylic acids is 2. The molecule has 2 aliphatic heterocycles. The van der Waals surface area contributed by atoms with Gasteiger partial charge in [0.25, 0.3) is 0 Å². The van der Waals surface area contributed by atoms with E-state index in [1.807, 2.05) is 0 Å². The number of benzene rings is 1. The molecule has 10 heteroatoms. The zero-order chi connectivity index (χ0) is 22.3. The molecule has 2 heterocycles. The van der Waals surface area contributed by atoms with Crippen molar-refractivity contribution in [2.24, 2.45) is 11.3 Å². The van der Waals surface area contributed by atoms with Crippen LogP contribution in [0.3, 0.4) is 0 Å². The van der Waals surface area contributed by atoms with Crippen molar-refractivity contribution in [1.29, 1.82) is 0 Å². The molecule has 1 aliphatic carbocycles. The van der Waals surface area contributed by atoms with E-state index >= 15 is 0 Å². The van der Waals surface area contributed by atoms with Crippen molar-refractivity contribution < 1.29 is 33.5 Å². The molecule has 3 aliphatic rings. The van der Waals surface area contributed by atoms with E-state index in [1.54, 1.807) is 11.6 Å². The summed E-state index contributed by atoms with van der Waals surface area (Å²) < 4.78 is 27.0. The topological polar surface area (TPSA) is 110 Å². The number of likely N-dealkylation sites (tertiary alicyclic amines) is 1. The van der Waals surface area contributed by atoms with Crippen molar-refractivity contribution in [3.63, 3.8) is 0 Å². The van der Waals surface area contributed by atoms with E-state index in [0.717, 1.165) is 23.8 Å². The monoisotopic (exact) mass is 435 g/mol. The van der Waals surface area contributed by atoms with E-state index in [2.05, 4.69) is 0 Å². The number of hydroxylamine groups is 1. The largest absolute Gasteiger partial charge is 0.465 e. The zero-order valence-corrected chi connectivity index (χ0v) is 16.7. The molecular weight excluding hydrogens is 412 g/mol. The smallest absolute Gasteiger partial charge is 0.408 e. The second-order valence-electron chi connectivity index (χ2n) is 8.56. The summed E-state index contributed by atoms with van der Waals surface area (Å²) in [6.45, 7) is 0.506. The summed E-state index contributed by atoms with van der Waals surface area (Å²) in [6.07, 6.45) is 2.59. The van der Waals surface area contributed by atoms with Crippen LogP contribution in [0.4, 0.5) is 13.6 Å². The average Bonchev–Trinajstić information content (AvgIpc) is 3.49. The van der Waals surface area contributed by atoms with Gasteiger partial charge in [0, 0.05) is 25.7 Å². The number of nitrogens with one attached hydrogen (secondary N) is 1. The number of amides is 3. The molecule has 0 unspecified atom stereocenters. The molecule has 8 nitrogen and oxygen atoms in total. The lowest BCUT2D eigenvalue weighted by Gasteiger charge is -2.44. The average molecular weight is 435 g/mol. The van der Waals surface area contributed by atoms with Crippen molar-refractivity contribution in [3.05, 3.63) is 41.5 Å². The van der Waals surface area contributed by atoms with Crippen LogP contribution in [0, 0.1) is 23.0 Å². The third-order valence-electron chi connectivity index (χ3n) is 6.53. The zero-order valence-electron chi connectivity index (χ0n) is 16.7. The molecular formula is C21H23F2N3O5. The number of halogens is 2. The van der Waals surface area contributed by atoms with Gasteiger partial charge in [0.05, 0.1) is 5.92 Å². The summed E-state index contributed by atoms with van der Waals surface area (Å²) in [4.78, 5) is 40.0. The van der Waals surface area contributed by atoms with Crippen LogP contribution in [-0.2, 0) is 9.59 Å². The molecule has 1 aromatic carbocycles. The van der Waals surface area contributed by atoms with Gasteiger partial charge in [-0.25, -0.2) is 19.1 Å². The Labute approximate surface area is 177 Å². The van der Waals surface area contributed by atoms with Gasteiger partial charge in [-0.3, -0.25) is 19.7 Å². The first-order valence-electron chi connectivity index (χ1n) is 10.1. The van der Waals surface area contributed by atoms with E-state index in [9.17, 15) is 28.3 Å². The van der Waals surface area contributed by atoms with Gasteiger partial charge in [0.2, 0.25) is 11.8 Å². The van der Waals surface area contributed by atoms with E-state index in [-0.39, 0.29) is 25.0 Å². The highest BCUT2D eigenvalue weighted by Crippen LogP contribution is 2.55. The molecule has 31 heavy (non-hydrogen) atoms. The van der Waals surface area contributed by atoms with Crippen LogP contribution in [0.15, 0.2) is 24.3 Å². The molecule has 3 amide bonds. The van der Waals surface area contributed by atoms with Gasteiger partial charge in [-0.2, -0.15) is 0 Å². The number of rotatable bonds is 3. The Morgan fingerprint density at radius 3 is 2.32 bits per heavy atom. The molecule has 1 aromatic rings. The van der Waals surface area contributed by atoms with Gasteiger partial charge >= 0.3 is 6.09 Å². The van der Waals surface area contributed by atoms with Crippen molar-refractivity contribution in [3.8, 4) is 0 Å². The molecule has 0 radical (unpaired) electrons. The molecule has 4 rings (SSSR count). The predicted molar refractivity (Wildman–Crippen MR) is 104 cm³/mol. The maximum Gasteiger partial charge on any atom is 0.408 e. The summed E-state index contributed by atoms with van der Waals surface area (Å²) in [5, 5.41) is 18.9. The highest BCUT2D eigenvalue weighted by molar-refractivity contribution is 5.93. The van der Waals surface area contributed by atoms with E-state index < -0.39 is 41.5 Å². The molecule has 1 spiro atoms. The number of nitrogens with zero attached hydrogens (tertiary/aromatic N) is 2. The van der Waals surface area contributed by atoms with Gasteiger partial charge in [0.15, 0.2) is 0 Å². The number of piperidine rings is 1. The highest BCUT2D eigenvalue weighted by Gasteiger charge is 2.57. The Hall–Kier alpha value is -3.01. The maximum absolute atomic E-state index is 13.5. The van der Waals surface area contributed by atoms with Gasteiger partial charge in [-0.15, -0.1) is 0 Å². The number of hydrogen-bond donors (Lipinski definition) is 3. The van der Waals surface area contributed by atoms with Crippen LogP contribution in [0.2, 0.25) is 0 Å². The molecule has 1 saturated heterocycles. The SMILES string of the molecule is O=C(NO)[C@H]1CC2(CC2)CN(C(=O)O)[C@@H]1C(=O)N1CC=C(c2cc(F)cc(F)c2)CC1. The molecule has 0 bridgehead atoms. The summed E-state index contributed by atoms with van der Waals surface area (Å²) in [7, 11) is 0.